The van der Waals surface area contributed by atoms with Crippen molar-refractivity contribution in [2.75, 3.05) is 36.5 Å². The van der Waals surface area contributed by atoms with Gasteiger partial charge in [-0.25, -0.2) is 18.5 Å². The average molecular weight is 423 g/mol. The van der Waals surface area contributed by atoms with Crippen LogP contribution in [0.1, 0.15) is 18.2 Å². The highest BCUT2D eigenvalue weighted by molar-refractivity contribution is 7.89. The lowest BCUT2D eigenvalue weighted by Gasteiger charge is -2.27. The highest BCUT2D eigenvalue weighted by atomic mass is 32.2. The molecule has 11 heteroatoms. The number of nitrogens with two attached hydrogens (primary N) is 1. The Balaban J connectivity index is 0.000000941. The Morgan fingerprint density at radius 1 is 1.24 bits per heavy atom. The molecule has 158 valence electrons. The second kappa shape index (κ2) is 10.7. The van der Waals surface area contributed by atoms with E-state index in [2.05, 4.69) is 27.1 Å². The molecular formula is C18H25N5O5S. The number of nitrogens with zero attached hydrogens (tertiary/aromatic N) is 3. The molecule has 0 saturated carbocycles. The molecule has 10 nitrogen and oxygen atoms in total. The van der Waals surface area contributed by atoms with Gasteiger partial charge in [0.05, 0.1) is 18.1 Å². The van der Waals surface area contributed by atoms with Crippen molar-refractivity contribution in [3.05, 3.63) is 41.6 Å². The fourth-order valence-corrected chi connectivity index (χ4v) is 3.17. The minimum atomic E-state index is -3.67. The summed E-state index contributed by atoms with van der Waals surface area (Å²) in [6, 6.07) is 8.41. The van der Waals surface area contributed by atoms with Crippen LogP contribution in [-0.4, -0.2) is 56.3 Å². The topological polar surface area (TPSA) is 148 Å². The van der Waals surface area contributed by atoms with Gasteiger partial charge in [0.2, 0.25) is 16.0 Å². The minimum absolute atomic E-state index is 0.103. The van der Waals surface area contributed by atoms with Gasteiger partial charge in [-0.1, -0.05) is 19.1 Å². The number of carbonyl (C=O) groups is 1. The van der Waals surface area contributed by atoms with Crippen LogP contribution in [0.4, 0.5) is 11.8 Å². The predicted molar refractivity (Wildman–Crippen MR) is 108 cm³/mol. The summed E-state index contributed by atoms with van der Waals surface area (Å²) < 4.78 is 28.0. The second-order valence-corrected chi connectivity index (χ2v) is 7.71. The zero-order chi connectivity index (χ0) is 21.3. The Hall–Kier alpha value is -2.76. The third-order valence-electron chi connectivity index (χ3n) is 4.15. The van der Waals surface area contributed by atoms with Gasteiger partial charge in [0.1, 0.15) is 5.82 Å². The standard InChI is InChI=1S/C17H23N5O3S.CH2O2/c1-2-14-11-16(21-17(20-14)22-7-9-25-10-8-22)19-12-13-3-5-15(6-4-13)26(18,23)24;2-1-3/h3-6,11H,2,7-10,12H2,1H3,(H2,18,23,24)(H,19,20,21);1H,(H,2,3). The van der Waals surface area contributed by atoms with Crippen molar-refractivity contribution >= 4 is 28.3 Å². The van der Waals surface area contributed by atoms with Gasteiger partial charge >= 0.3 is 0 Å². The van der Waals surface area contributed by atoms with Gasteiger partial charge < -0.3 is 20.1 Å². The fourth-order valence-electron chi connectivity index (χ4n) is 2.65. The van der Waals surface area contributed by atoms with E-state index in [0.29, 0.717) is 25.7 Å². The van der Waals surface area contributed by atoms with Crippen LogP contribution in [0.25, 0.3) is 0 Å². The number of hydrogen-bond acceptors (Lipinski definition) is 8. The number of carboxylic acid groups (broad SMARTS) is 1. The summed E-state index contributed by atoms with van der Waals surface area (Å²) >= 11 is 0. The van der Waals surface area contributed by atoms with Crippen LogP contribution < -0.4 is 15.4 Å². The summed E-state index contributed by atoms with van der Waals surface area (Å²) in [5.74, 6) is 1.45. The van der Waals surface area contributed by atoms with Gasteiger partial charge in [-0.05, 0) is 24.1 Å². The summed E-state index contributed by atoms with van der Waals surface area (Å²) in [5.41, 5.74) is 1.90. The quantitative estimate of drug-likeness (QED) is 0.575. The van der Waals surface area contributed by atoms with E-state index in [9.17, 15) is 8.42 Å². The average Bonchev–Trinajstić information content (AvgIpc) is 2.73. The van der Waals surface area contributed by atoms with Gasteiger partial charge in [-0.3, -0.25) is 4.79 Å². The molecule has 0 spiro atoms. The lowest BCUT2D eigenvalue weighted by atomic mass is 10.2. The van der Waals surface area contributed by atoms with E-state index in [4.69, 9.17) is 19.8 Å². The van der Waals surface area contributed by atoms with Gasteiger partial charge in [-0.2, -0.15) is 4.98 Å². The van der Waals surface area contributed by atoms with E-state index < -0.39 is 10.0 Å². The molecule has 2 heterocycles. The maximum atomic E-state index is 11.3. The van der Waals surface area contributed by atoms with Crippen molar-refractivity contribution in [2.24, 2.45) is 5.14 Å². The van der Waals surface area contributed by atoms with E-state index in [0.717, 1.165) is 36.6 Å². The number of morpholine rings is 1. The monoisotopic (exact) mass is 423 g/mol. The molecule has 1 saturated heterocycles. The first-order chi connectivity index (χ1) is 13.9. The smallest absolute Gasteiger partial charge is 0.290 e. The highest BCUT2D eigenvalue weighted by Crippen LogP contribution is 2.17. The molecule has 1 fully saturated rings. The van der Waals surface area contributed by atoms with Crippen molar-refractivity contribution in [1.29, 1.82) is 0 Å². The zero-order valence-electron chi connectivity index (χ0n) is 16.1. The number of primary sulfonamides is 1. The maximum Gasteiger partial charge on any atom is 0.290 e. The third-order valence-corrected chi connectivity index (χ3v) is 5.08. The van der Waals surface area contributed by atoms with Crippen LogP contribution in [0, 0.1) is 0 Å². The van der Waals surface area contributed by atoms with E-state index in [1.54, 1.807) is 12.1 Å². The lowest BCUT2D eigenvalue weighted by Crippen LogP contribution is -2.37. The Labute approximate surface area is 169 Å². The number of aryl methyl sites for hydroxylation is 1. The first-order valence-electron chi connectivity index (χ1n) is 9.01. The van der Waals surface area contributed by atoms with Crippen LogP contribution in [-0.2, 0) is 32.5 Å². The number of ether oxygens (including phenoxy) is 1. The first kappa shape index (κ1) is 22.5. The molecule has 4 N–H and O–H groups in total. The highest BCUT2D eigenvalue weighted by Gasteiger charge is 2.15. The fraction of sp³-hybridized carbons (Fsp3) is 0.389. The first-order valence-corrected chi connectivity index (χ1v) is 10.6. The van der Waals surface area contributed by atoms with E-state index in [-0.39, 0.29) is 11.4 Å². The summed E-state index contributed by atoms with van der Waals surface area (Å²) in [6.45, 7) is 5.25. The number of aromatic nitrogens is 2. The zero-order valence-corrected chi connectivity index (χ0v) is 16.9. The van der Waals surface area contributed by atoms with E-state index in [1.807, 2.05) is 6.07 Å². The van der Waals surface area contributed by atoms with Crippen LogP contribution >= 0.6 is 0 Å². The van der Waals surface area contributed by atoms with Crippen molar-refractivity contribution in [3.63, 3.8) is 0 Å². The Bertz CT molecular complexity index is 899. The number of benzene rings is 1. The molecule has 1 aromatic heterocycles. The minimum Gasteiger partial charge on any atom is -0.483 e. The molecule has 0 amide bonds. The third kappa shape index (κ3) is 6.97. The molecular weight excluding hydrogens is 398 g/mol. The normalized spacial score (nSPS) is 13.9. The molecule has 3 rings (SSSR count). The van der Waals surface area contributed by atoms with Crippen molar-refractivity contribution in [2.45, 2.75) is 24.8 Å². The summed E-state index contributed by atoms with van der Waals surface area (Å²) in [4.78, 5) is 19.8. The molecule has 0 bridgehead atoms. The number of hydrogen-bond donors (Lipinski definition) is 3. The largest absolute Gasteiger partial charge is 0.483 e. The van der Waals surface area contributed by atoms with Gasteiger partial charge in [-0.15, -0.1) is 0 Å². The van der Waals surface area contributed by atoms with Crippen molar-refractivity contribution in [3.8, 4) is 0 Å². The molecule has 1 aliphatic heterocycles. The van der Waals surface area contributed by atoms with Crippen molar-refractivity contribution < 1.29 is 23.1 Å². The summed E-state index contributed by atoms with van der Waals surface area (Å²) in [6.07, 6.45) is 0.817. The molecule has 0 atom stereocenters. The van der Waals surface area contributed by atoms with Crippen LogP contribution in [0.15, 0.2) is 35.2 Å². The molecule has 29 heavy (non-hydrogen) atoms. The molecule has 1 aromatic carbocycles. The van der Waals surface area contributed by atoms with E-state index >= 15 is 0 Å². The maximum absolute atomic E-state index is 11.3. The number of nitrogens with one attached hydrogen (secondary N) is 1. The lowest BCUT2D eigenvalue weighted by molar-refractivity contribution is -0.122. The Kier molecular flexibility index (Phi) is 8.31. The van der Waals surface area contributed by atoms with Gasteiger partial charge in [0, 0.05) is 31.4 Å². The van der Waals surface area contributed by atoms with Crippen LogP contribution in [0.3, 0.4) is 0 Å². The molecule has 1 aliphatic rings. The second-order valence-electron chi connectivity index (χ2n) is 6.15. The molecule has 0 unspecified atom stereocenters. The number of rotatable bonds is 6. The SMILES string of the molecule is CCc1cc(NCc2ccc(S(N)(=O)=O)cc2)nc(N2CCOCC2)n1.O=CO. The van der Waals surface area contributed by atoms with Crippen molar-refractivity contribution in [1.82, 2.24) is 9.97 Å². The van der Waals surface area contributed by atoms with Gasteiger partial charge in [0.15, 0.2) is 0 Å². The van der Waals surface area contributed by atoms with E-state index in [1.165, 1.54) is 12.1 Å². The summed E-state index contributed by atoms with van der Waals surface area (Å²) in [7, 11) is -3.67. The number of anilines is 2. The Morgan fingerprint density at radius 2 is 1.86 bits per heavy atom. The van der Waals surface area contributed by atoms with Crippen LogP contribution in [0.2, 0.25) is 0 Å². The Morgan fingerprint density at radius 3 is 2.41 bits per heavy atom. The predicted octanol–water partition coefficient (Wildman–Crippen LogP) is 0.836. The van der Waals surface area contributed by atoms with Crippen LogP contribution in [0.5, 0.6) is 0 Å². The number of sulfonamides is 1. The molecule has 0 aliphatic carbocycles. The molecule has 2 aromatic rings. The summed E-state index contributed by atoms with van der Waals surface area (Å²) in [5, 5.41) is 15.3. The molecule has 0 radical (unpaired) electrons. The van der Waals surface area contributed by atoms with Gasteiger partial charge in [0.25, 0.3) is 6.47 Å².